The molecule has 1 aliphatic heterocycles. The highest BCUT2D eigenvalue weighted by Crippen LogP contribution is 2.42. The Labute approximate surface area is 211 Å². The Balaban J connectivity index is 2.03. The lowest BCUT2D eigenvalue weighted by atomic mass is 9.94. The summed E-state index contributed by atoms with van der Waals surface area (Å²) in [6.45, 7) is 7.22. The summed E-state index contributed by atoms with van der Waals surface area (Å²) < 4.78 is 11.5. The lowest BCUT2D eigenvalue weighted by Crippen LogP contribution is -2.36. The molecule has 0 radical (unpaired) electrons. The van der Waals surface area contributed by atoms with Crippen molar-refractivity contribution < 1.29 is 24.2 Å². The minimum Gasteiger partial charge on any atom is -0.503 e. The van der Waals surface area contributed by atoms with Crippen LogP contribution >= 0.6 is 11.3 Å². The zero-order valence-corrected chi connectivity index (χ0v) is 22.2. The number of aliphatic hydroxyl groups excluding tert-OH is 1. The molecule has 1 atom stereocenters. The van der Waals surface area contributed by atoms with Crippen LogP contribution < -0.4 is 9.47 Å². The largest absolute Gasteiger partial charge is 0.503 e. The van der Waals surface area contributed by atoms with E-state index in [2.05, 4.69) is 11.9 Å². The Bertz CT molecular complexity index is 1110. The molecule has 190 valence electrons. The van der Waals surface area contributed by atoms with Crippen molar-refractivity contribution in [3.63, 3.8) is 0 Å². The zero-order valence-electron chi connectivity index (χ0n) is 21.4. The smallest absolute Gasteiger partial charge is 0.290 e. The first-order valence-corrected chi connectivity index (χ1v) is 12.7. The highest BCUT2D eigenvalue weighted by Gasteiger charge is 2.44. The Hall–Kier alpha value is -2.91. The Morgan fingerprint density at radius 1 is 1.23 bits per heavy atom. The van der Waals surface area contributed by atoms with Crippen LogP contribution in [0.5, 0.6) is 11.5 Å². The molecule has 0 spiro atoms. The van der Waals surface area contributed by atoms with Crippen molar-refractivity contribution in [2.24, 2.45) is 0 Å². The van der Waals surface area contributed by atoms with Crippen LogP contribution in [0.25, 0.3) is 0 Å². The number of rotatable bonds is 12. The molecule has 3 rings (SSSR count). The Morgan fingerprint density at radius 2 is 1.97 bits per heavy atom. The molecule has 1 aliphatic rings. The van der Waals surface area contributed by atoms with E-state index in [4.69, 9.17) is 9.47 Å². The van der Waals surface area contributed by atoms with Crippen molar-refractivity contribution >= 4 is 23.0 Å². The van der Waals surface area contributed by atoms with Crippen molar-refractivity contribution in [1.29, 1.82) is 0 Å². The molecule has 0 bridgehead atoms. The van der Waals surface area contributed by atoms with E-state index in [1.807, 2.05) is 32.0 Å². The van der Waals surface area contributed by atoms with Gasteiger partial charge in [0.2, 0.25) is 5.78 Å². The molecule has 0 saturated heterocycles. The Kier molecular flexibility index (Phi) is 8.91. The van der Waals surface area contributed by atoms with Crippen LogP contribution in [-0.2, 0) is 4.79 Å². The SMILES string of the molecule is CCCCCOc1ccc(C2C(C(=O)c3sc(C)nc3C)=C(O)C(=O)N2CCN(C)C)cc1OC. The number of likely N-dealkylation sites (N-methyl/N-ethyl adjacent to an activating group) is 1. The summed E-state index contributed by atoms with van der Waals surface area (Å²) in [6, 6.07) is 4.66. The van der Waals surface area contributed by atoms with E-state index in [0.717, 1.165) is 24.3 Å². The van der Waals surface area contributed by atoms with Gasteiger partial charge in [0.15, 0.2) is 17.3 Å². The quantitative estimate of drug-likeness (QED) is 0.339. The van der Waals surface area contributed by atoms with E-state index in [1.54, 1.807) is 31.1 Å². The highest BCUT2D eigenvalue weighted by molar-refractivity contribution is 7.14. The summed E-state index contributed by atoms with van der Waals surface area (Å²) in [6.07, 6.45) is 3.13. The third kappa shape index (κ3) is 5.85. The summed E-state index contributed by atoms with van der Waals surface area (Å²) >= 11 is 1.26. The molecule has 1 amide bonds. The maximum Gasteiger partial charge on any atom is 0.290 e. The number of benzene rings is 1. The molecule has 9 heteroatoms. The van der Waals surface area contributed by atoms with Gasteiger partial charge in [-0.05, 0) is 52.1 Å². The van der Waals surface area contributed by atoms with Crippen molar-refractivity contribution in [3.05, 3.63) is 50.7 Å². The number of unbranched alkanes of at least 4 members (excludes halogenated alkanes) is 2. The number of methoxy groups -OCH3 is 1. The fourth-order valence-electron chi connectivity index (χ4n) is 4.14. The van der Waals surface area contributed by atoms with Crippen LogP contribution in [0.1, 0.15) is 58.2 Å². The van der Waals surface area contributed by atoms with E-state index in [-0.39, 0.29) is 11.4 Å². The molecule has 0 fully saturated rings. The van der Waals surface area contributed by atoms with Gasteiger partial charge in [-0.1, -0.05) is 25.8 Å². The predicted molar refractivity (Wildman–Crippen MR) is 137 cm³/mol. The van der Waals surface area contributed by atoms with Crippen LogP contribution in [0.15, 0.2) is 29.5 Å². The molecule has 1 aromatic heterocycles. The first kappa shape index (κ1) is 26.7. The van der Waals surface area contributed by atoms with Gasteiger partial charge >= 0.3 is 0 Å². The van der Waals surface area contributed by atoms with Crippen LogP contribution in [-0.4, -0.2) is 72.5 Å². The van der Waals surface area contributed by atoms with E-state index in [9.17, 15) is 14.7 Å². The monoisotopic (exact) mass is 501 g/mol. The number of nitrogens with zero attached hydrogens (tertiary/aromatic N) is 3. The number of Topliss-reactive ketones (excluding diaryl/α,β-unsaturated/α-hetero) is 1. The summed E-state index contributed by atoms with van der Waals surface area (Å²) in [5, 5.41) is 11.6. The number of ether oxygens (including phenoxy) is 2. The van der Waals surface area contributed by atoms with Gasteiger partial charge in [-0.3, -0.25) is 9.59 Å². The van der Waals surface area contributed by atoms with E-state index in [0.29, 0.717) is 47.3 Å². The number of ketones is 1. The predicted octanol–water partition coefficient (Wildman–Crippen LogP) is 4.48. The summed E-state index contributed by atoms with van der Waals surface area (Å²) in [5.41, 5.74) is 1.32. The fraction of sp³-hybridized carbons (Fsp3) is 0.500. The molecule has 2 heterocycles. The van der Waals surface area contributed by atoms with E-state index < -0.39 is 17.7 Å². The number of carbonyl (C=O) groups is 2. The lowest BCUT2D eigenvalue weighted by molar-refractivity contribution is -0.129. The van der Waals surface area contributed by atoms with Gasteiger partial charge in [-0.15, -0.1) is 11.3 Å². The Morgan fingerprint density at radius 3 is 2.57 bits per heavy atom. The number of hydrogen-bond donors (Lipinski definition) is 1. The number of aliphatic hydroxyl groups is 1. The fourth-order valence-corrected chi connectivity index (χ4v) is 5.02. The number of carbonyl (C=O) groups excluding carboxylic acids is 2. The molecule has 8 nitrogen and oxygen atoms in total. The van der Waals surface area contributed by atoms with Crippen molar-refractivity contribution in [1.82, 2.24) is 14.8 Å². The second-order valence-corrected chi connectivity index (χ2v) is 10.1. The molecule has 0 aliphatic carbocycles. The van der Waals surface area contributed by atoms with Gasteiger partial charge in [-0.25, -0.2) is 4.98 Å². The molecule has 35 heavy (non-hydrogen) atoms. The van der Waals surface area contributed by atoms with Crippen molar-refractivity contribution in [2.75, 3.05) is 40.9 Å². The van der Waals surface area contributed by atoms with Gasteiger partial charge in [0.1, 0.15) is 0 Å². The second kappa shape index (κ2) is 11.7. The average molecular weight is 502 g/mol. The van der Waals surface area contributed by atoms with Gasteiger partial charge < -0.3 is 24.4 Å². The van der Waals surface area contributed by atoms with Crippen LogP contribution in [0, 0.1) is 13.8 Å². The third-order valence-electron chi connectivity index (χ3n) is 5.96. The first-order valence-electron chi connectivity index (χ1n) is 11.9. The number of thiazole rings is 1. The van der Waals surface area contributed by atoms with E-state index in [1.165, 1.54) is 11.3 Å². The summed E-state index contributed by atoms with van der Waals surface area (Å²) in [7, 11) is 5.38. The second-order valence-electron chi connectivity index (χ2n) is 8.91. The molecular weight excluding hydrogens is 466 g/mol. The maximum absolute atomic E-state index is 13.6. The van der Waals surface area contributed by atoms with Crippen molar-refractivity contribution in [3.8, 4) is 11.5 Å². The molecule has 1 aromatic carbocycles. The molecule has 0 saturated carbocycles. The topological polar surface area (TPSA) is 92.2 Å². The average Bonchev–Trinajstić information content (AvgIpc) is 3.29. The molecule has 2 aromatic rings. The minimum absolute atomic E-state index is 0.0687. The van der Waals surface area contributed by atoms with Crippen LogP contribution in [0.3, 0.4) is 0 Å². The molecule has 1 N–H and O–H groups in total. The maximum atomic E-state index is 13.6. The van der Waals surface area contributed by atoms with Gasteiger partial charge in [-0.2, -0.15) is 0 Å². The van der Waals surface area contributed by atoms with Crippen molar-refractivity contribution in [2.45, 2.75) is 46.1 Å². The van der Waals surface area contributed by atoms with E-state index >= 15 is 0 Å². The number of hydrogen-bond acceptors (Lipinski definition) is 8. The number of aromatic nitrogens is 1. The third-order valence-corrected chi connectivity index (χ3v) is 7.03. The van der Waals surface area contributed by atoms with Gasteiger partial charge in [0.25, 0.3) is 5.91 Å². The zero-order chi connectivity index (χ0) is 25.7. The summed E-state index contributed by atoms with van der Waals surface area (Å²) in [5.74, 6) is -0.329. The molecule has 1 unspecified atom stereocenters. The first-order chi connectivity index (χ1) is 16.7. The van der Waals surface area contributed by atoms with Gasteiger partial charge in [0, 0.05) is 13.1 Å². The standard InChI is InChI=1S/C26H35N3O5S/c1-7-8-9-14-34-19-11-10-18(15-20(19)33-6)22-21(23(30)25-16(2)27-17(3)35-25)24(31)26(32)29(22)13-12-28(4)5/h10-11,15,22,31H,7-9,12-14H2,1-6H3. The lowest BCUT2D eigenvalue weighted by Gasteiger charge is -2.28. The summed E-state index contributed by atoms with van der Waals surface area (Å²) in [4.78, 5) is 35.1. The highest BCUT2D eigenvalue weighted by atomic mass is 32.1. The minimum atomic E-state index is -0.750. The van der Waals surface area contributed by atoms with Crippen LogP contribution in [0.4, 0.5) is 0 Å². The number of amides is 1. The normalized spacial score (nSPS) is 15.9. The van der Waals surface area contributed by atoms with Crippen LogP contribution in [0.2, 0.25) is 0 Å². The van der Waals surface area contributed by atoms with Gasteiger partial charge in [0.05, 0.1) is 40.9 Å². The molecular formula is C26H35N3O5S. The number of aryl methyl sites for hydroxylation is 2.